The fourth-order valence-corrected chi connectivity index (χ4v) is 2.78. The maximum Gasteiger partial charge on any atom is 0.102 e. The van der Waals surface area contributed by atoms with E-state index in [-0.39, 0.29) is 6.10 Å². The lowest BCUT2D eigenvalue weighted by atomic mass is 9.99. The van der Waals surface area contributed by atoms with Crippen molar-refractivity contribution in [3.05, 3.63) is 47.0 Å². The lowest BCUT2D eigenvalue weighted by Crippen LogP contribution is -2.01. The summed E-state index contributed by atoms with van der Waals surface area (Å²) in [6.07, 6.45) is 0.983. The molecule has 0 aliphatic carbocycles. The second kappa shape index (κ2) is 6.67. The molecule has 0 aliphatic heterocycles. The number of halogens is 1. The predicted molar refractivity (Wildman–Crippen MR) is 80.8 cm³/mol. The van der Waals surface area contributed by atoms with Gasteiger partial charge < -0.3 is 0 Å². The first-order chi connectivity index (χ1) is 7.52. The Labute approximate surface area is 114 Å². The highest BCUT2D eigenvalue weighted by Gasteiger charge is 2.13. The summed E-state index contributed by atoms with van der Waals surface area (Å²) >= 11 is 2.16. The molecule has 1 aromatic rings. The average molecular weight is 348 g/mol. The molecule has 0 aromatic heterocycles. The van der Waals surface area contributed by atoms with Crippen LogP contribution in [0.1, 0.15) is 36.1 Å². The van der Waals surface area contributed by atoms with E-state index in [0.29, 0.717) is 0 Å². The van der Waals surface area contributed by atoms with Gasteiger partial charge in [-0.15, -0.1) is 6.58 Å². The van der Waals surface area contributed by atoms with E-state index in [4.69, 9.17) is 4.18 Å². The first-order valence-electron chi connectivity index (χ1n) is 5.19. The SMILES string of the molecule is C=C(C)CC(OSI)c1cc(C)cc(C)c1. The van der Waals surface area contributed by atoms with E-state index in [0.717, 1.165) is 12.0 Å². The van der Waals surface area contributed by atoms with Gasteiger partial charge in [-0.2, -0.15) is 0 Å². The first-order valence-corrected chi connectivity index (χ1v) is 8.48. The van der Waals surface area contributed by atoms with Gasteiger partial charge >= 0.3 is 0 Å². The van der Waals surface area contributed by atoms with Gasteiger partial charge in [0.1, 0.15) is 6.10 Å². The van der Waals surface area contributed by atoms with E-state index in [1.807, 2.05) is 6.92 Å². The van der Waals surface area contributed by atoms with Crippen LogP contribution in [0.4, 0.5) is 0 Å². The largest absolute Gasteiger partial charge is 0.297 e. The monoisotopic (exact) mass is 348 g/mol. The summed E-state index contributed by atoms with van der Waals surface area (Å²) in [6.45, 7) is 10.2. The van der Waals surface area contributed by atoms with Crippen LogP contribution < -0.4 is 0 Å². The van der Waals surface area contributed by atoms with Gasteiger partial charge in [0.2, 0.25) is 0 Å². The minimum Gasteiger partial charge on any atom is -0.297 e. The summed E-state index contributed by atoms with van der Waals surface area (Å²) in [6, 6.07) is 6.56. The van der Waals surface area contributed by atoms with Gasteiger partial charge in [-0.1, -0.05) is 34.9 Å². The maximum atomic E-state index is 5.69. The van der Waals surface area contributed by atoms with Crippen molar-refractivity contribution in [2.75, 3.05) is 0 Å². The number of hydrogen-bond donors (Lipinski definition) is 0. The number of hydrogen-bond acceptors (Lipinski definition) is 2. The van der Waals surface area contributed by atoms with Crippen LogP contribution in [0.15, 0.2) is 30.4 Å². The first kappa shape index (κ1) is 14.1. The van der Waals surface area contributed by atoms with Gasteiger partial charge in [-0.05, 0) is 32.8 Å². The Balaban J connectivity index is 2.95. The Morgan fingerprint density at radius 1 is 1.38 bits per heavy atom. The van der Waals surface area contributed by atoms with Crippen molar-refractivity contribution in [3.63, 3.8) is 0 Å². The zero-order valence-electron chi connectivity index (χ0n) is 9.92. The van der Waals surface area contributed by atoms with Crippen molar-refractivity contribution in [3.8, 4) is 0 Å². The summed E-state index contributed by atoms with van der Waals surface area (Å²) in [5, 5.41) is 0. The fraction of sp³-hybridized carbons (Fsp3) is 0.385. The minimum absolute atomic E-state index is 0.109. The minimum atomic E-state index is 0.109. The average Bonchev–Trinajstić information content (AvgIpc) is 2.14. The molecule has 16 heavy (non-hydrogen) atoms. The van der Waals surface area contributed by atoms with E-state index in [1.165, 1.54) is 25.9 Å². The van der Waals surface area contributed by atoms with Crippen LogP contribution in [-0.2, 0) is 4.18 Å². The molecule has 88 valence electrons. The van der Waals surface area contributed by atoms with Crippen molar-refractivity contribution in [2.45, 2.75) is 33.3 Å². The van der Waals surface area contributed by atoms with E-state index in [9.17, 15) is 0 Å². The molecule has 1 rings (SSSR count). The molecule has 1 unspecified atom stereocenters. The Hall–Kier alpha value is 0. The second-order valence-electron chi connectivity index (χ2n) is 4.23. The van der Waals surface area contributed by atoms with Gasteiger partial charge in [0.05, 0.1) is 9.21 Å². The third-order valence-corrected chi connectivity index (χ3v) is 3.23. The van der Waals surface area contributed by atoms with E-state index < -0.39 is 0 Å². The molecule has 3 heteroatoms. The molecule has 0 N–H and O–H groups in total. The number of rotatable bonds is 5. The number of aryl methyl sites for hydroxylation is 2. The molecule has 0 amide bonds. The van der Waals surface area contributed by atoms with Crippen molar-refractivity contribution in [1.29, 1.82) is 0 Å². The van der Waals surface area contributed by atoms with Crippen molar-refractivity contribution >= 4 is 30.4 Å². The van der Waals surface area contributed by atoms with Crippen molar-refractivity contribution < 1.29 is 4.18 Å². The third-order valence-electron chi connectivity index (χ3n) is 2.30. The highest BCUT2D eigenvalue weighted by Crippen LogP contribution is 2.32. The van der Waals surface area contributed by atoms with Crippen LogP contribution in [-0.4, -0.2) is 0 Å². The molecule has 1 aromatic carbocycles. The van der Waals surface area contributed by atoms with E-state index >= 15 is 0 Å². The summed E-state index contributed by atoms with van der Waals surface area (Å²) in [4.78, 5) is 0. The van der Waals surface area contributed by atoms with Crippen LogP contribution in [0.2, 0.25) is 0 Å². The van der Waals surface area contributed by atoms with Crippen molar-refractivity contribution in [2.24, 2.45) is 0 Å². The maximum absolute atomic E-state index is 5.69. The van der Waals surface area contributed by atoms with Crippen LogP contribution >= 0.6 is 30.4 Å². The molecule has 0 saturated carbocycles. The van der Waals surface area contributed by atoms with Crippen LogP contribution in [0.25, 0.3) is 0 Å². The van der Waals surface area contributed by atoms with Crippen molar-refractivity contribution in [1.82, 2.24) is 0 Å². The van der Waals surface area contributed by atoms with Gasteiger partial charge in [0, 0.05) is 21.2 Å². The number of benzene rings is 1. The molecule has 1 nitrogen and oxygen atoms in total. The third kappa shape index (κ3) is 4.47. The van der Waals surface area contributed by atoms with E-state index in [1.54, 1.807) is 0 Å². The predicted octanol–water partition coefficient (Wildman–Crippen LogP) is 5.33. The Morgan fingerprint density at radius 3 is 2.38 bits per heavy atom. The van der Waals surface area contributed by atoms with Crippen LogP contribution in [0, 0.1) is 13.8 Å². The summed E-state index contributed by atoms with van der Waals surface area (Å²) in [5.74, 6) is 0. The van der Waals surface area contributed by atoms with E-state index in [2.05, 4.69) is 59.8 Å². The van der Waals surface area contributed by atoms with Crippen LogP contribution in [0.5, 0.6) is 0 Å². The summed E-state index contributed by atoms with van der Waals surface area (Å²) in [5.41, 5.74) is 4.95. The van der Waals surface area contributed by atoms with Gasteiger partial charge in [0.25, 0.3) is 0 Å². The molecule has 1 atom stereocenters. The fourth-order valence-electron chi connectivity index (χ4n) is 1.76. The Morgan fingerprint density at radius 2 is 1.94 bits per heavy atom. The zero-order valence-corrected chi connectivity index (χ0v) is 12.9. The molecule has 0 radical (unpaired) electrons. The molecule has 0 bridgehead atoms. The normalized spacial score (nSPS) is 12.5. The van der Waals surface area contributed by atoms with Gasteiger partial charge in [-0.25, -0.2) is 0 Å². The molecular formula is C13H17IOS. The zero-order chi connectivity index (χ0) is 12.1. The highest BCUT2D eigenvalue weighted by molar-refractivity contribution is 14.2. The van der Waals surface area contributed by atoms with Crippen LogP contribution in [0.3, 0.4) is 0 Å². The van der Waals surface area contributed by atoms with Gasteiger partial charge in [-0.3, -0.25) is 4.18 Å². The quantitative estimate of drug-likeness (QED) is 0.404. The standard InChI is InChI=1S/C13H17IOS/c1-9(2)5-13(15-16-14)12-7-10(3)6-11(4)8-12/h6-8,13H,1,5H2,2-4H3. The molecule has 0 spiro atoms. The smallest absolute Gasteiger partial charge is 0.102 e. The molecular weight excluding hydrogens is 331 g/mol. The topological polar surface area (TPSA) is 9.23 Å². The Bertz CT molecular complexity index is 356. The molecule has 0 saturated heterocycles. The summed E-state index contributed by atoms with van der Waals surface area (Å²) in [7, 11) is 1.39. The molecule has 0 heterocycles. The lowest BCUT2D eigenvalue weighted by Gasteiger charge is -2.17. The lowest BCUT2D eigenvalue weighted by molar-refractivity contribution is 0.253. The summed E-state index contributed by atoms with van der Waals surface area (Å²) < 4.78 is 5.69. The van der Waals surface area contributed by atoms with Gasteiger partial charge in [0.15, 0.2) is 0 Å². The molecule has 0 aliphatic rings. The highest BCUT2D eigenvalue weighted by atomic mass is 127. The second-order valence-corrected chi connectivity index (χ2v) is 5.63. The Kier molecular flexibility index (Phi) is 5.86. The molecule has 0 fully saturated rings.